The van der Waals surface area contributed by atoms with Gasteiger partial charge in [-0.1, -0.05) is 0 Å². The SMILES string of the molecule is N#C/C(C(=O)Nc1ccncn1)=C(/N)c1cc(O)c(O)c([N+](=O)[O-])c1. The van der Waals surface area contributed by atoms with Crippen molar-refractivity contribution < 1.29 is 19.9 Å². The Hall–Kier alpha value is -4.20. The average Bonchev–Trinajstić information content (AvgIpc) is 2.58. The Bertz CT molecular complexity index is 919. The van der Waals surface area contributed by atoms with E-state index in [-0.39, 0.29) is 11.4 Å². The fraction of sp³-hybridized carbons (Fsp3) is 0. The molecule has 0 aliphatic carbocycles. The molecule has 1 heterocycles. The monoisotopic (exact) mass is 342 g/mol. The maximum Gasteiger partial charge on any atom is 0.315 e. The van der Waals surface area contributed by atoms with Crippen LogP contribution in [0.1, 0.15) is 5.56 Å². The second-order valence-corrected chi connectivity index (χ2v) is 4.57. The minimum atomic E-state index is -0.953. The van der Waals surface area contributed by atoms with Crippen LogP contribution in [0.15, 0.2) is 36.3 Å². The van der Waals surface area contributed by atoms with Gasteiger partial charge in [-0.05, 0) is 12.1 Å². The number of nitriles is 1. The highest BCUT2D eigenvalue weighted by molar-refractivity contribution is 6.11. The summed E-state index contributed by atoms with van der Waals surface area (Å²) in [6, 6.07) is 4.69. The zero-order chi connectivity index (χ0) is 18.6. The van der Waals surface area contributed by atoms with Crippen LogP contribution in [0.2, 0.25) is 0 Å². The number of nitro benzene ring substituents is 1. The number of hydrogen-bond acceptors (Lipinski definition) is 9. The quantitative estimate of drug-likeness (QED) is 0.203. The van der Waals surface area contributed by atoms with Gasteiger partial charge in [-0.15, -0.1) is 0 Å². The van der Waals surface area contributed by atoms with Crippen LogP contribution >= 0.6 is 0 Å². The Balaban J connectivity index is 2.47. The Kier molecular flexibility index (Phi) is 4.75. The van der Waals surface area contributed by atoms with Crippen LogP contribution < -0.4 is 11.1 Å². The van der Waals surface area contributed by atoms with Crippen LogP contribution in [0.5, 0.6) is 11.5 Å². The Morgan fingerprint density at radius 3 is 2.68 bits per heavy atom. The molecule has 11 nitrogen and oxygen atoms in total. The van der Waals surface area contributed by atoms with Crippen LogP contribution in [-0.4, -0.2) is 31.0 Å². The van der Waals surface area contributed by atoms with Gasteiger partial charge in [0.2, 0.25) is 5.75 Å². The lowest BCUT2D eigenvalue weighted by molar-refractivity contribution is -0.386. The maximum absolute atomic E-state index is 12.2. The number of hydrogen-bond donors (Lipinski definition) is 4. The van der Waals surface area contributed by atoms with E-state index in [4.69, 9.17) is 5.73 Å². The van der Waals surface area contributed by atoms with E-state index in [1.54, 1.807) is 6.07 Å². The lowest BCUT2D eigenvalue weighted by Crippen LogP contribution is -2.18. The molecular weight excluding hydrogens is 332 g/mol. The second-order valence-electron chi connectivity index (χ2n) is 4.57. The van der Waals surface area contributed by atoms with Gasteiger partial charge < -0.3 is 21.3 Å². The molecule has 0 radical (unpaired) electrons. The number of rotatable bonds is 4. The van der Waals surface area contributed by atoms with E-state index >= 15 is 0 Å². The van der Waals surface area contributed by atoms with Crippen LogP contribution in [0.3, 0.4) is 0 Å². The largest absolute Gasteiger partial charge is 0.504 e. The summed E-state index contributed by atoms with van der Waals surface area (Å²) in [5, 5.41) is 41.4. The summed E-state index contributed by atoms with van der Waals surface area (Å²) in [4.78, 5) is 29.5. The molecule has 0 spiro atoms. The normalized spacial score (nSPS) is 11.2. The zero-order valence-corrected chi connectivity index (χ0v) is 12.4. The Labute approximate surface area is 139 Å². The molecule has 1 amide bonds. The standard InChI is InChI=1S/C14H10N6O5/c15-5-8(14(23)19-11-1-2-17-6-18-11)12(16)7-3-9(20(24)25)13(22)10(21)4-7/h1-4,6,21-22H,16H2,(H,17,18,19,23)/b12-8-. The molecule has 5 N–H and O–H groups in total. The zero-order valence-electron chi connectivity index (χ0n) is 12.4. The number of anilines is 1. The third-order valence-electron chi connectivity index (χ3n) is 3.01. The smallest absolute Gasteiger partial charge is 0.315 e. The molecule has 1 aromatic heterocycles. The predicted molar refractivity (Wildman–Crippen MR) is 83.8 cm³/mol. The van der Waals surface area contributed by atoms with Crippen LogP contribution in [0.25, 0.3) is 5.70 Å². The van der Waals surface area contributed by atoms with Gasteiger partial charge >= 0.3 is 5.69 Å². The molecule has 1 aromatic carbocycles. The number of nitro groups is 1. The molecule has 0 aliphatic rings. The van der Waals surface area contributed by atoms with Crippen LogP contribution in [0, 0.1) is 21.4 Å². The number of carbonyl (C=O) groups is 1. The van der Waals surface area contributed by atoms with Gasteiger partial charge in [0.15, 0.2) is 5.75 Å². The first kappa shape index (κ1) is 17.2. The lowest BCUT2D eigenvalue weighted by Gasteiger charge is -2.08. The van der Waals surface area contributed by atoms with Crippen LogP contribution in [0.4, 0.5) is 11.5 Å². The molecule has 0 saturated heterocycles. The third-order valence-corrected chi connectivity index (χ3v) is 3.01. The molecule has 0 fully saturated rings. The van der Waals surface area contributed by atoms with Crippen molar-refractivity contribution >= 4 is 23.1 Å². The molecule has 0 saturated carbocycles. The highest BCUT2D eigenvalue weighted by Crippen LogP contribution is 2.37. The van der Waals surface area contributed by atoms with Crippen molar-refractivity contribution in [1.29, 1.82) is 5.26 Å². The van der Waals surface area contributed by atoms with Crippen molar-refractivity contribution in [2.45, 2.75) is 0 Å². The topological polar surface area (TPSA) is 188 Å². The van der Waals surface area contributed by atoms with Crippen molar-refractivity contribution in [2.24, 2.45) is 5.73 Å². The maximum atomic E-state index is 12.2. The molecule has 126 valence electrons. The van der Waals surface area contributed by atoms with E-state index < -0.39 is 39.3 Å². The van der Waals surface area contributed by atoms with Gasteiger partial charge in [-0.2, -0.15) is 5.26 Å². The summed E-state index contributed by atoms with van der Waals surface area (Å²) in [5.74, 6) is -2.57. The van der Waals surface area contributed by atoms with Gasteiger partial charge in [0, 0.05) is 17.8 Å². The first-order chi connectivity index (χ1) is 11.8. The van der Waals surface area contributed by atoms with Gasteiger partial charge in [-0.3, -0.25) is 14.9 Å². The van der Waals surface area contributed by atoms with Crippen molar-refractivity contribution in [3.05, 3.63) is 52.0 Å². The van der Waals surface area contributed by atoms with Crippen molar-refractivity contribution in [3.63, 3.8) is 0 Å². The van der Waals surface area contributed by atoms with E-state index in [1.807, 2.05) is 0 Å². The number of aromatic nitrogens is 2. The molecule has 2 rings (SSSR count). The highest BCUT2D eigenvalue weighted by Gasteiger charge is 2.22. The minimum Gasteiger partial charge on any atom is -0.504 e. The molecule has 0 atom stereocenters. The van der Waals surface area contributed by atoms with Crippen molar-refractivity contribution in [2.75, 3.05) is 5.32 Å². The van der Waals surface area contributed by atoms with E-state index in [9.17, 15) is 30.4 Å². The van der Waals surface area contributed by atoms with Crippen LogP contribution in [-0.2, 0) is 4.79 Å². The molecule has 0 aliphatic heterocycles. The summed E-state index contributed by atoms with van der Waals surface area (Å²) < 4.78 is 0. The van der Waals surface area contributed by atoms with Crippen molar-refractivity contribution in [1.82, 2.24) is 9.97 Å². The molecule has 11 heteroatoms. The van der Waals surface area contributed by atoms with Gasteiger partial charge in [0.1, 0.15) is 23.8 Å². The minimum absolute atomic E-state index is 0.111. The fourth-order valence-electron chi connectivity index (χ4n) is 1.82. The van der Waals surface area contributed by atoms with Gasteiger partial charge in [0.05, 0.1) is 10.6 Å². The van der Waals surface area contributed by atoms with Crippen molar-refractivity contribution in [3.8, 4) is 17.6 Å². The van der Waals surface area contributed by atoms with E-state index in [2.05, 4.69) is 15.3 Å². The molecular formula is C14H10N6O5. The molecule has 0 bridgehead atoms. The van der Waals surface area contributed by atoms with Gasteiger partial charge in [-0.25, -0.2) is 9.97 Å². The number of phenolic OH excluding ortho intramolecular Hbond substituents is 2. The highest BCUT2D eigenvalue weighted by atomic mass is 16.6. The van der Waals surface area contributed by atoms with Gasteiger partial charge in [0.25, 0.3) is 5.91 Å². The number of nitrogens with two attached hydrogens (primary N) is 1. The Morgan fingerprint density at radius 2 is 2.12 bits per heavy atom. The number of aromatic hydroxyl groups is 2. The summed E-state index contributed by atoms with van der Waals surface area (Å²) in [6.45, 7) is 0. The van der Waals surface area contributed by atoms with E-state index in [0.29, 0.717) is 0 Å². The number of amides is 1. The summed E-state index contributed by atoms with van der Waals surface area (Å²) in [7, 11) is 0. The number of phenols is 2. The number of nitrogens with zero attached hydrogens (tertiary/aromatic N) is 4. The van der Waals surface area contributed by atoms with E-state index in [1.165, 1.54) is 18.6 Å². The number of carbonyl (C=O) groups excluding carboxylic acids is 1. The fourth-order valence-corrected chi connectivity index (χ4v) is 1.82. The first-order valence-electron chi connectivity index (χ1n) is 6.53. The molecule has 2 aromatic rings. The third kappa shape index (κ3) is 3.59. The number of nitrogens with one attached hydrogen (secondary N) is 1. The van der Waals surface area contributed by atoms with E-state index in [0.717, 1.165) is 12.1 Å². The first-order valence-corrected chi connectivity index (χ1v) is 6.53. The number of benzene rings is 1. The Morgan fingerprint density at radius 1 is 1.40 bits per heavy atom. The lowest BCUT2D eigenvalue weighted by atomic mass is 10.1. The molecule has 0 unspecified atom stereocenters. The average molecular weight is 342 g/mol. The second kappa shape index (κ2) is 6.92. The summed E-state index contributed by atoms with van der Waals surface area (Å²) in [6.07, 6.45) is 2.54. The molecule has 25 heavy (non-hydrogen) atoms. The summed E-state index contributed by atoms with van der Waals surface area (Å²) >= 11 is 0. The predicted octanol–water partition coefficient (Wildman–Crippen LogP) is 0.628. The summed E-state index contributed by atoms with van der Waals surface area (Å²) in [5.41, 5.74) is 3.75.